The molecule has 0 spiro atoms. The molecule has 0 saturated heterocycles. The molecule has 0 bridgehead atoms. The predicted octanol–water partition coefficient (Wildman–Crippen LogP) is 5.41. The molecule has 3 aromatic carbocycles. The second-order valence-corrected chi connectivity index (χ2v) is 7.79. The summed E-state index contributed by atoms with van der Waals surface area (Å²) in [7, 11) is 0. The summed E-state index contributed by atoms with van der Waals surface area (Å²) >= 11 is 0. The lowest BCUT2D eigenvalue weighted by Crippen LogP contribution is -2.40. The maximum absolute atomic E-state index is 13.6. The van der Waals surface area contributed by atoms with Gasteiger partial charge in [-0.2, -0.15) is 0 Å². The zero-order valence-corrected chi connectivity index (χ0v) is 17.7. The first-order chi connectivity index (χ1) is 15.3. The van der Waals surface area contributed by atoms with Crippen LogP contribution in [0.15, 0.2) is 78.9 Å². The summed E-state index contributed by atoms with van der Waals surface area (Å²) in [6.45, 7) is 3.30. The summed E-state index contributed by atoms with van der Waals surface area (Å²) in [6.07, 6.45) is 0. The minimum absolute atomic E-state index is 0.148. The number of anilines is 1. The van der Waals surface area contributed by atoms with Crippen LogP contribution in [0.2, 0.25) is 0 Å². The zero-order chi connectivity index (χ0) is 23.3. The number of para-hydroxylation sites is 1. The lowest BCUT2D eigenvalue weighted by Gasteiger charge is -2.26. The third kappa shape index (κ3) is 5.32. The fraction of sp³-hybridized carbons (Fsp3) is 0.192. The van der Waals surface area contributed by atoms with Crippen molar-refractivity contribution in [2.75, 3.05) is 5.32 Å². The van der Waals surface area contributed by atoms with Crippen molar-refractivity contribution in [1.29, 1.82) is 0 Å². The fourth-order valence-corrected chi connectivity index (χ4v) is 3.50. The van der Waals surface area contributed by atoms with Crippen molar-refractivity contribution in [3.05, 3.63) is 102 Å². The van der Waals surface area contributed by atoms with Crippen LogP contribution in [0, 0.1) is 23.5 Å². The highest BCUT2D eigenvalue weighted by Gasteiger charge is 2.41. The minimum Gasteiger partial charge on any atom is -0.325 e. The number of halogens is 2. The van der Waals surface area contributed by atoms with Crippen molar-refractivity contribution in [2.24, 2.45) is 11.8 Å². The van der Waals surface area contributed by atoms with Gasteiger partial charge in [0.2, 0.25) is 5.91 Å². The van der Waals surface area contributed by atoms with Crippen molar-refractivity contribution < 1.29 is 23.2 Å². The van der Waals surface area contributed by atoms with Gasteiger partial charge in [-0.25, -0.2) is 8.78 Å². The first-order valence-electron chi connectivity index (χ1n) is 10.2. The van der Waals surface area contributed by atoms with Crippen molar-refractivity contribution in [1.82, 2.24) is 0 Å². The van der Waals surface area contributed by atoms with Gasteiger partial charge in [-0.1, -0.05) is 44.2 Å². The maximum atomic E-state index is 13.6. The molecule has 0 aliphatic carbocycles. The highest BCUT2D eigenvalue weighted by atomic mass is 19.1. The summed E-state index contributed by atoms with van der Waals surface area (Å²) < 4.78 is 27.0. The van der Waals surface area contributed by atoms with E-state index in [0.29, 0.717) is 11.3 Å². The maximum Gasteiger partial charge on any atom is 0.236 e. The summed E-state index contributed by atoms with van der Waals surface area (Å²) in [6, 6.07) is 18.6. The van der Waals surface area contributed by atoms with Crippen LogP contribution >= 0.6 is 0 Å². The lowest BCUT2D eigenvalue weighted by atomic mass is 9.75. The van der Waals surface area contributed by atoms with E-state index >= 15 is 0 Å². The van der Waals surface area contributed by atoms with Crippen molar-refractivity contribution in [3.63, 3.8) is 0 Å². The molecule has 3 rings (SSSR count). The summed E-state index contributed by atoms with van der Waals surface area (Å²) in [5, 5.41) is 2.71. The smallest absolute Gasteiger partial charge is 0.236 e. The second-order valence-electron chi connectivity index (χ2n) is 7.79. The van der Waals surface area contributed by atoms with Crippen LogP contribution in [-0.4, -0.2) is 17.5 Å². The molecule has 4 nitrogen and oxygen atoms in total. The molecule has 0 radical (unpaired) electrons. The van der Waals surface area contributed by atoms with Crippen LogP contribution in [0.25, 0.3) is 0 Å². The van der Waals surface area contributed by atoms with Gasteiger partial charge in [-0.15, -0.1) is 0 Å². The van der Waals surface area contributed by atoms with Crippen LogP contribution < -0.4 is 5.32 Å². The number of Topliss-reactive ketones (excluding diaryl/α,β-unsaturated/α-hetero) is 2. The fourth-order valence-electron chi connectivity index (χ4n) is 3.50. The Balaban J connectivity index is 2.10. The van der Waals surface area contributed by atoms with E-state index in [1.54, 1.807) is 44.2 Å². The topological polar surface area (TPSA) is 63.2 Å². The number of hydrogen-bond acceptors (Lipinski definition) is 3. The molecule has 0 aliphatic heterocycles. The number of ketones is 2. The van der Waals surface area contributed by atoms with E-state index in [-0.39, 0.29) is 5.56 Å². The lowest BCUT2D eigenvalue weighted by molar-refractivity contribution is -0.133. The first-order valence-corrected chi connectivity index (χ1v) is 10.2. The average molecular weight is 435 g/mol. The van der Waals surface area contributed by atoms with Gasteiger partial charge in [0, 0.05) is 17.2 Å². The second kappa shape index (κ2) is 10.1. The average Bonchev–Trinajstić information content (AvgIpc) is 2.78. The molecule has 3 aromatic rings. The Labute approximate surface area is 185 Å². The number of amides is 1. The molecule has 0 heterocycles. The van der Waals surface area contributed by atoms with E-state index in [2.05, 4.69) is 5.32 Å². The summed E-state index contributed by atoms with van der Waals surface area (Å²) in [4.78, 5) is 40.0. The molecule has 0 fully saturated rings. The van der Waals surface area contributed by atoms with Crippen molar-refractivity contribution in [3.8, 4) is 0 Å². The molecular weight excluding hydrogens is 412 g/mol. The normalized spacial score (nSPS) is 12.8. The van der Waals surface area contributed by atoms with E-state index < -0.39 is 46.9 Å². The molecule has 32 heavy (non-hydrogen) atoms. The first kappa shape index (κ1) is 23.0. The Bertz CT molecular complexity index is 1090. The minimum atomic E-state index is -1.36. The van der Waals surface area contributed by atoms with Gasteiger partial charge in [-0.05, 0) is 54.1 Å². The van der Waals surface area contributed by atoms with Gasteiger partial charge in [0.15, 0.2) is 5.78 Å². The molecule has 2 unspecified atom stereocenters. The van der Waals surface area contributed by atoms with Gasteiger partial charge in [0.1, 0.15) is 23.3 Å². The van der Waals surface area contributed by atoms with Crippen LogP contribution in [0.1, 0.15) is 35.7 Å². The van der Waals surface area contributed by atoms with E-state index in [0.717, 1.165) is 12.1 Å². The number of benzene rings is 3. The van der Waals surface area contributed by atoms with Crippen LogP contribution in [0.5, 0.6) is 0 Å². The highest BCUT2D eigenvalue weighted by Crippen LogP contribution is 2.33. The molecule has 1 N–H and O–H groups in total. The van der Waals surface area contributed by atoms with Gasteiger partial charge < -0.3 is 5.32 Å². The van der Waals surface area contributed by atoms with E-state index in [1.807, 2.05) is 0 Å². The largest absolute Gasteiger partial charge is 0.325 e. The summed E-state index contributed by atoms with van der Waals surface area (Å²) in [5.74, 6) is -5.73. The highest BCUT2D eigenvalue weighted by molar-refractivity contribution is 6.14. The monoisotopic (exact) mass is 435 g/mol. The van der Waals surface area contributed by atoms with Gasteiger partial charge in [-0.3, -0.25) is 14.4 Å². The molecule has 0 aliphatic rings. The predicted molar refractivity (Wildman–Crippen MR) is 118 cm³/mol. The Morgan fingerprint density at radius 1 is 0.750 bits per heavy atom. The molecule has 1 amide bonds. The Morgan fingerprint density at radius 3 is 1.81 bits per heavy atom. The van der Waals surface area contributed by atoms with E-state index in [9.17, 15) is 23.2 Å². The van der Waals surface area contributed by atoms with E-state index in [1.165, 1.54) is 36.4 Å². The molecule has 0 saturated carbocycles. The SMILES string of the molecule is CC(C)C(=O)C(C(=O)Nc1ccccc1)C(C(=O)c1ccc(F)cc1)c1ccc(F)cc1. The standard InChI is InChI=1S/C26H23F2NO3/c1-16(2)24(30)23(26(32)29-21-6-4-3-5-7-21)22(17-8-12-19(27)13-9-17)25(31)18-10-14-20(28)15-11-18/h3-16,22-23H,1-2H3,(H,29,32). The van der Waals surface area contributed by atoms with Crippen LogP contribution in [-0.2, 0) is 9.59 Å². The molecular formula is C26H23F2NO3. The van der Waals surface area contributed by atoms with Crippen LogP contribution in [0.4, 0.5) is 14.5 Å². The molecule has 164 valence electrons. The number of hydrogen-bond donors (Lipinski definition) is 1. The zero-order valence-electron chi connectivity index (χ0n) is 17.7. The summed E-state index contributed by atoms with van der Waals surface area (Å²) in [5.41, 5.74) is 0.948. The third-order valence-corrected chi connectivity index (χ3v) is 5.17. The number of carbonyl (C=O) groups is 3. The molecule has 0 aromatic heterocycles. The van der Waals surface area contributed by atoms with Crippen molar-refractivity contribution in [2.45, 2.75) is 19.8 Å². The van der Waals surface area contributed by atoms with Gasteiger partial charge >= 0.3 is 0 Å². The van der Waals surface area contributed by atoms with Gasteiger partial charge in [0.25, 0.3) is 0 Å². The molecule has 6 heteroatoms. The molecule has 2 atom stereocenters. The van der Waals surface area contributed by atoms with Crippen LogP contribution in [0.3, 0.4) is 0 Å². The Morgan fingerprint density at radius 2 is 1.28 bits per heavy atom. The van der Waals surface area contributed by atoms with Gasteiger partial charge in [0.05, 0.1) is 5.92 Å². The van der Waals surface area contributed by atoms with E-state index in [4.69, 9.17) is 0 Å². The number of nitrogens with one attached hydrogen (secondary N) is 1. The third-order valence-electron chi connectivity index (χ3n) is 5.17. The quantitative estimate of drug-likeness (QED) is 0.380. The van der Waals surface area contributed by atoms with Crippen molar-refractivity contribution >= 4 is 23.2 Å². The Hall–Kier alpha value is -3.67. The number of carbonyl (C=O) groups excluding carboxylic acids is 3. The number of rotatable bonds is 8. The Kier molecular flexibility index (Phi) is 7.25.